The van der Waals surface area contributed by atoms with Crippen molar-refractivity contribution in [3.63, 3.8) is 0 Å². The largest absolute Gasteiger partial charge is 0.369 e. The van der Waals surface area contributed by atoms with E-state index in [1.165, 1.54) is 0 Å². The molecule has 18 heavy (non-hydrogen) atoms. The second kappa shape index (κ2) is 3.45. The van der Waals surface area contributed by atoms with Crippen molar-refractivity contribution in [2.24, 2.45) is 0 Å². The van der Waals surface area contributed by atoms with Gasteiger partial charge in [-0.25, -0.2) is 4.98 Å². The molecule has 2 heterocycles. The predicted molar refractivity (Wildman–Crippen MR) is 74.4 cm³/mol. The molecule has 0 radical (unpaired) electrons. The van der Waals surface area contributed by atoms with Gasteiger partial charge in [-0.05, 0) is 26.8 Å². The van der Waals surface area contributed by atoms with Gasteiger partial charge >= 0.3 is 0 Å². The molecule has 0 spiro atoms. The molecule has 0 saturated carbocycles. The van der Waals surface area contributed by atoms with E-state index in [-0.39, 0.29) is 5.54 Å². The second-order valence-corrected chi connectivity index (χ2v) is 5.49. The number of benzene rings is 1. The van der Waals surface area contributed by atoms with Crippen LogP contribution in [0.1, 0.15) is 20.8 Å². The van der Waals surface area contributed by atoms with E-state index in [4.69, 9.17) is 5.73 Å². The SMILES string of the molecule is CC(C)(C)n1c(N)nc2cnc3ccccc3c21. The van der Waals surface area contributed by atoms with E-state index in [9.17, 15) is 0 Å². The highest BCUT2D eigenvalue weighted by molar-refractivity contribution is 6.03. The van der Waals surface area contributed by atoms with Crippen LogP contribution in [0.4, 0.5) is 5.95 Å². The molecule has 4 heteroatoms. The second-order valence-electron chi connectivity index (χ2n) is 5.49. The first-order valence-electron chi connectivity index (χ1n) is 6.00. The number of pyridine rings is 1. The molecule has 1 aromatic carbocycles. The maximum atomic E-state index is 6.05. The number of anilines is 1. The third-order valence-corrected chi connectivity index (χ3v) is 3.09. The van der Waals surface area contributed by atoms with E-state index >= 15 is 0 Å². The molecule has 3 aromatic rings. The molecule has 0 atom stereocenters. The Morgan fingerprint density at radius 1 is 1.11 bits per heavy atom. The Bertz CT molecular complexity index is 734. The van der Waals surface area contributed by atoms with Crippen LogP contribution in [-0.2, 0) is 5.54 Å². The van der Waals surface area contributed by atoms with E-state index < -0.39 is 0 Å². The average Bonchev–Trinajstić information content (AvgIpc) is 2.65. The van der Waals surface area contributed by atoms with Crippen molar-refractivity contribution in [1.82, 2.24) is 14.5 Å². The Labute approximate surface area is 105 Å². The monoisotopic (exact) mass is 240 g/mol. The van der Waals surface area contributed by atoms with E-state index in [0.717, 1.165) is 21.9 Å². The molecule has 0 aliphatic rings. The first-order valence-corrected chi connectivity index (χ1v) is 6.00. The predicted octanol–water partition coefficient (Wildman–Crippen LogP) is 2.92. The van der Waals surface area contributed by atoms with Crippen molar-refractivity contribution in [3.05, 3.63) is 30.5 Å². The summed E-state index contributed by atoms with van der Waals surface area (Å²) in [7, 11) is 0. The average molecular weight is 240 g/mol. The highest BCUT2D eigenvalue weighted by atomic mass is 15.2. The molecule has 92 valence electrons. The maximum absolute atomic E-state index is 6.05. The molecular weight excluding hydrogens is 224 g/mol. The lowest BCUT2D eigenvalue weighted by molar-refractivity contribution is 0.415. The number of rotatable bonds is 0. The van der Waals surface area contributed by atoms with E-state index in [2.05, 4.69) is 41.4 Å². The standard InChI is InChI=1S/C14H16N4/c1-14(2,3)18-12-9-6-4-5-7-10(9)16-8-11(12)17-13(18)15/h4-8H,1-3H3,(H2,15,17). The number of nitrogen functional groups attached to an aromatic ring is 1. The van der Waals surface area contributed by atoms with E-state index in [1.54, 1.807) is 6.20 Å². The molecule has 4 nitrogen and oxygen atoms in total. The molecule has 0 saturated heterocycles. The van der Waals surface area contributed by atoms with Gasteiger partial charge in [-0.2, -0.15) is 0 Å². The number of fused-ring (bicyclic) bond motifs is 3. The number of aromatic nitrogens is 3. The summed E-state index contributed by atoms with van der Waals surface area (Å²) in [6.07, 6.45) is 1.79. The van der Waals surface area contributed by atoms with Crippen LogP contribution in [0.25, 0.3) is 21.9 Å². The summed E-state index contributed by atoms with van der Waals surface area (Å²) in [5, 5.41) is 1.09. The Morgan fingerprint density at radius 3 is 2.56 bits per heavy atom. The van der Waals surface area contributed by atoms with Gasteiger partial charge in [-0.15, -0.1) is 0 Å². The van der Waals surface area contributed by atoms with Crippen LogP contribution in [-0.4, -0.2) is 14.5 Å². The molecule has 0 aliphatic carbocycles. The van der Waals surface area contributed by atoms with E-state index in [1.807, 2.05) is 18.2 Å². The molecule has 3 rings (SSSR count). The van der Waals surface area contributed by atoms with Gasteiger partial charge in [0.25, 0.3) is 0 Å². The minimum absolute atomic E-state index is 0.108. The van der Waals surface area contributed by atoms with Gasteiger partial charge in [-0.3, -0.25) is 4.98 Å². The first-order chi connectivity index (χ1) is 8.48. The molecule has 2 N–H and O–H groups in total. The highest BCUT2D eigenvalue weighted by Crippen LogP contribution is 2.30. The molecule has 0 fully saturated rings. The van der Waals surface area contributed by atoms with Crippen molar-refractivity contribution in [2.75, 3.05) is 5.73 Å². The normalized spacial score (nSPS) is 12.4. The lowest BCUT2D eigenvalue weighted by Crippen LogP contribution is -2.23. The Kier molecular flexibility index (Phi) is 2.11. The number of hydrogen-bond acceptors (Lipinski definition) is 3. The van der Waals surface area contributed by atoms with Gasteiger partial charge in [-0.1, -0.05) is 18.2 Å². The van der Waals surface area contributed by atoms with Crippen LogP contribution >= 0.6 is 0 Å². The Balaban J connectivity index is 2.56. The minimum atomic E-state index is -0.108. The third-order valence-electron chi connectivity index (χ3n) is 3.09. The molecule has 0 bridgehead atoms. The summed E-state index contributed by atoms with van der Waals surface area (Å²) < 4.78 is 2.08. The van der Waals surface area contributed by atoms with Gasteiger partial charge in [0.05, 0.1) is 17.2 Å². The van der Waals surface area contributed by atoms with Crippen LogP contribution in [0.15, 0.2) is 30.5 Å². The van der Waals surface area contributed by atoms with Gasteiger partial charge in [0, 0.05) is 10.9 Å². The maximum Gasteiger partial charge on any atom is 0.201 e. The molecular formula is C14H16N4. The first kappa shape index (κ1) is 11.0. The zero-order chi connectivity index (χ0) is 12.9. The molecule has 2 aromatic heterocycles. The van der Waals surface area contributed by atoms with Crippen molar-refractivity contribution in [2.45, 2.75) is 26.3 Å². The van der Waals surface area contributed by atoms with E-state index in [0.29, 0.717) is 5.95 Å². The fourth-order valence-electron chi connectivity index (χ4n) is 2.40. The quantitative estimate of drug-likeness (QED) is 0.657. The summed E-state index contributed by atoms with van der Waals surface area (Å²) in [4.78, 5) is 8.82. The lowest BCUT2D eigenvalue weighted by Gasteiger charge is -2.23. The van der Waals surface area contributed by atoms with Crippen molar-refractivity contribution in [3.8, 4) is 0 Å². The third kappa shape index (κ3) is 1.45. The zero-order valence-corrected chi connectivity index (χ0v) is 10.8. The number of para-hydroxylation sites is 1. The fraction of sp³-hybridized carbons (Fsp3) is 0.286. The number of nitrogens with zero attached hydrogens (tertiary/aromatic N) is 3. The van der Waals surface area contributed by atoms with Crippen LogP contribution in [0.3, 0.4) is 0 Å². The van der Waals surface area contributed by atoms with Crippen molar-refractivity contribution >= 4 is 27.9 Å². The van der Waals surface area contributed by atoms with Gasteiger partial charge in [0.2, 0.25) is 5.95 Å². The topological polar surface area (TPSA) is 56.7 Å². The number of hydrogen-bond donors (Lipinski definition) is 1. The number of nitrogens with two attached hydrogens (primary N) is 1. The summed E-state index contributed by atoms with van der Waals surface area (Å²) in [5.74, 6) is 0.538. The fourth-order valence-corrected chi connectivity index (χ4v) is 2.40. The highest BCUT2D eigenvalue weighted by Gasteiger charge is 2.21. The smallest absolute Gasteiger partial charge is 0.201 e. The van der Waals surface area contributed by atoms with Crippen LogP contribution in [0.5, 0.6) is 0 Å². The van der Waals surface area contributed by atoms with Crippen LogP contribution in [0.2, 0.25) is 0 Å². The summed E-state index contributed by atoms with van der Waals surface area (Å²) in [6.45, 7) is 6.37. The summed E-state index contributed by atoms with van der Waals surface area (Å²) in [6, 6.07) is 8.07. The summed E-state index contributed by atoms with van der Waals surface area (Å²) in [5.41, 5.74) is 8.82. The van der Waals surface area contributed by atoms with Crippen LogP contribution in [0, 0.1) is 0 Å². The van der Waals surface area contributed by atoms with Gasteiger partial charge in [0.15, 0.2) is 0 Å². The number of imidazole rings is 1. The minimum Gasteiger partial charge on any atom is -0.369 e. The van der Waals surface area contributed by atoms with Gasteiger partial charge in [0.1, 0.15) is 5.52 Å². The van der Waals surface area contributed by atoms with Crippen molar-refractivity contribution in [1.29, 1.82) is 0 Å². The molecule has 0 aliphatic heterocycles. The molecule has 0 unspecified atom stereocenters. The summed E-state index contributed by atoms with van der Waals surface area (Å²) >= 11 is 0. The lowest BCUT2D eigenvalue weighted by atomic mass is 10.1. The Hall–Kier alpha value is -2.10. The Morgan fingerprint density at radius 2 is 1.83 bits per heavy atom. The zero-order valence-electron chi connectivity index (χ0n) is 10.8. The van der Waals surface area contributed by atoms with Crippen molar-refractivity contribution < 1.29 is 0 Å². The van der Waals surface area contributed by atoms with Gasteiger partial charge < -0.3 is 10.3 Å². The molecule has 0 amide bonds. The van der Waals surface area contributed by atoms with Crippen LogP contribution < -0.4 is 5.73 Å².